The molecule has 0 aromatic carbocycles. The van der Waals surface area contributed by atoms with Crippen LogP contribution in [0.1, 0.15) is 32.1 Å². The molecule has 0 atom stereocenters. The summed E-state index contributed by atoms with van der Waals surface area (Å²) in [5.41, 5.74) is 0. The Bertz CT molecular complexity index is 104. The van der Waals surface area contributed by atoms with Crippen LogP contribution in [0.4, 0.5) is 0 Å². The van der Waals surface area contributed by atoms with E-state index in [1.54, 1.807) is 5.94 Å². The lowest BCUT2D eigenvalue weighted by Gasteiger charge is -1.93. The van der Waals surface area contributed by atoms with Gasteiger partial charge in [0.1, 0.15) is 5.94 Å². The first kappa shape index (κ1) is 9.41. The van der Waals surface area contributed by atoms with Gasteiger partial charge in [-0.25, -0.2) is 4.79 Å². The largest absolute Gasteiger partial charge is 0.396 e. The van der Waals surface area contributed by atoms with Crippen molar-refractivity contribution >= 4 is 5.94 Å². The van der Waals surface area contributed by atoms with Gasteiger partial charge in [0.25, 0.3) is 0 Å². The van der Waals surface area contributed by atoms with E-state index < -0.39 is 0 Å². The highest BCUT2D eigenvalue weighted by Crippen LogP contribution is 2.01. The van der Waals surface area contributed by atoms with E-state index in [-0.39, 0.29) is 6.61 Å². The molecule has 0 rings (SSSR count). The number of rotatable bonds is 6. The van der Waals surface area contributed by atoms with Crippen molar-refractivity contribution < 1.29 is 9.90 Å². The van der Waals surface area contributed by atoms with E-state index in [1.807, 2.05) is 0 Å². The molecule has 0 aromatic heterocycles. The number of hydrogen-bond donors (Lipinski definition) is 1. The highest BCUT2D eigenvalue weighted by atomic mass is 16.2. The summed E-state index contributed by atoms with van der Waals surface area (Å²) in [5, 5.41) is 8.40. The molecule has 10 heavy (non-hydrogen) atoms. The van der Waals surface area contributed by atoms with E-state index in [0.29, 0.717) is 0 Å². The Morgan fingerprint density at radius 3 is 2.50 bits per heavy atom. The molecule has 0 fully saturated rings. The van der Waals surface area contributed by atoms with E-state index in [1.165, 1.54) is 6.08 Å². The molecule has 0 aromatic rings. The zero-order valence-electron chi connectivity index (χ0n) is 6.18. The van der Waals surface area contributed by atoms with Gasteiger partial charge in [-0.15, -0.1) is 0 Å². The standard InChI is InChI=1S/C8H14O2/c9-7-5-3-1-2-4-6-8-10/h5,10H,1-4,6,8H2. The van der Waals surface area contributed by atoms with Crippen LogP contribution in [0.5, 0.6) is 0 Å². The van der Waals surface area contributed by atoms with Gasteiger partial charge in [-0.2, -0.15) is 0 Å². The van der Waals surface area contributed by atoms with Crippen LogP contribution in [0, 0.1) is 0 Å². The first-order valence-corrected chi connectivity index (χ1v) is 3.72. The fourth-order valence-corrected chi connectivity index (χ4v) is 0.771. The lowest BCUT2D eigenvalue weighted by molar-refractivity contribution is 0.282. The van der Waals surface area contributed by atoms with Gasteiger partial charge in [-0.05, 0) is 25.3 Å². The van der Waals surface area contributed by atoms with Gasteiger partial charge in [-0.3, -0.25) is 0 Å². The maximum Gasteiger partial charge on any atom is 0.120 e. The summed E-state index contributed by atoms with van der Waals surface area (Å²) in [4.78, 5) is 9.67. The monoisotopic (exact) mass is 142 g/mol. The maximum atomic E-state index is 9.67. The number of allylic oxidation sites excluding steroid dienone is 1. The molecule has 1 N–H and O–H groups in total. The summed E-state index contributed by atoms with van der Waals surface area (Å²) in [5.74, 6) is 1.73. The molecule has 0 bridgehead atoms. The predicted octanol–water partition coefficient (Wildman–Crippen LogP) is 1.32. The van der Waals surface area contributed by atoms with E-state index in [0.717, 1.165) is 32.1 Å². The minimum absolute atomic E-state index is 0.281. The summed E-state index contributed by atoms with van der Waals surface area (Å²) < 4.78 is 0. The van der Waals surface area contributed by atoms with Crippen LogP contribution in [0.2, 0.25) is 0 Å². The lowest BCUT2D eigenvalue weighted by Crippen LogP contribution is -1.82. The molecular formula is C8H14O2. The molecule has 0 heterocycles. The van der Waals surface area contributed by atoms with Gasteiger partial charge in [0.2, 0.25) is 0 Å². The number of aliphatic hydroxyl groups is 1. The third-order valence-corrected chi connectivity index (χ3v) is 1.34. The van der Waals surface area contributed by atoms with E-state index in [2.05, 4.69) is 0 Å². The molecule has 0 aliphatic heterocycles. The van der Waals surface area contributed by atoms with Gasteiger partial charge >= 0.3 is 0 Å². The second-order valence-corrected chi connectivity index (χ2v) is 2.25. The lowest BCUT2D eigenvalue weighted by atomic mass is 10.1. The van der Waals surface area contributed by atoms with Crippen molar-refractivity contribution in [1.82, 2.24) is 0 Å². The number of unbranched alkanes of at least 4 members (excludes halogenated alkanes) is 4. The Morgan fingerprint density at radius 2 is 1.90 bits per heavy atom. The third-order valence-electron chi connectivity index (χ3n) is 1.34. The molecule has 0 saturated carbocycles. The first-order valence-electron chi connectivity index (χ1n) is 3.72. The smallest absolute Gasteiger partial charge is 0.120 e. The Kier molecular flexibility index (Phi) is 7.91. The Hall–Kier alpha value is -0.590. The second-order valence-electron chi connectivity index (χ2n) is 2.25. The second kappa shape index (κ2) is 8.41. The van der Waals surface area contributed by atoms with E-state index in [4.69, 9.17) is 5.11 Å². The average Bonchev–Trinajstić information content (AvgIpc) is 1.97. The highest BCUT2D eigenvalue weighted by Gasteiger charge is 1.85. The van der Waals surface area contributed by atoms with E-state index >= 15 is 0 Å². The van der Waals surface area contributed by atoms with Gasteiger partial charge in [0.15, 0.2) is 0 Å². The SMILES string of the molecule is O=C=CCCCCCCO. The van der Waals surface area contributed by atoms with Crippen molar-refractivity contribution in [2.24, 2.45) is 0 Å². The topological polar surface area (TPSA) is 37.3 Å². The molecule has 2 nitrogen and oxygen atoms in total. The Labute approximate surface area is 61.6 Å². The zero-order valence-corrected chi connectivity index (χ0v) is 6.18. The van der Waals surface area contributed by atoms with E-state index in [9.17, 15) is 4.79 Å². The van der Waals surface area contributed by atoms with Crippen molar-refractivity contribution in [2.45, 2.75) is 32.1 Å². The molecular weight excluding hydrogens is 128 g/mol. The fourth-order valence-electron chi connectivity index (χ4n) is 0.771. The quantitative estimate of drug-likeness (QED) is 0.448. The van der Waals surface area contributed by atoms with Gasteiger partial charge in [-0.1, -0.05) is 12.8 Å². The first-order chi connectivity index (χ1) is 4.91. The normalized spacial score (nSPS) is 8.90. The third kappa shape index (κ3) is 7.41. The fraction of sp³-hybridized carbons (Fsp3) is 0.750. The van der Waals surface area contributed by atoms with Crippen molar-refractivity contribution in [2.75, 3.05) is 6.61 Å². The predicted molar refractivity (Wildman–Crippen MR) is 40.4 cm³/mol. The molecule has 0 radical (unpaired) electrons. The van der Waals surface area contributed by atoms with Crippen LogP contribution in [-0.2, 0) is 4.79 Å². The van der Waals surface area contributed by atoms with Crippen molar-refractivity contribution in [3.05, 3.63) is 6.08 Å². The Morgan fingerprint density at radius 1 is 1.20 bits per heavy atom. The van der Waals surface area contributed by atoms with Crippen LogP contribution in [0.3, 0.4) is 0 Å². The van der Waals surface area contributed by atoms with Crippen LogP contribution in [0.25, 0.3) is 0 Å². The molecule has 2 heteroatoms. The molecule has 0 spiro atoms. The summed E-state index contributed by atoms with van der Waals surface area (Å²) in [6.45, 7) is 0.281. The summed E-state index contributed by atoms with van der Waals surface area (Å²) in [6, 6.07) is 0. The highest BCUT2D eigenvalue weighted by molar-refractivity contribution is 5.44. The van der Waals surface area contributed by atoms with Crippen molar-refractivity contribution in [1.29, 1.82) is 0 Å². The summed E-state index contributed by atoms with van der Waals surface area (Å²) in [7, 11) is 0. The molecule has 58 valence electrons. The van der Waals surface area contributed by atoms with Crippen molar-refractivity contribution in [3.63, 3.8) is 0 Å². The van der Waals surface area contributed by atoms with Crippen LogP contribution >= 0.6 is 0 Å². The Balaban J connectivity index is 2.83. The molecule has 0 unspecified atom stereocenters. The molecule has 0 amide bonds. The summed E-state index contributed by atoms with van der Waals surface area (Å²) >= 11 is 0. The van der Waals surface area contributed by atoms with Gasteiger partial charge < -0.3 is 5.11 Å². The summed E-state index contributed by atoms with van der Waals surface area (Å²) in [6.07, 6.45) is 6.41. The van der Waals surface area contributed by atoms with Crippen LogP contribution in [0.15, 0.2) is 6.08 Å². The minimum Gasteiger partial charge on any atom is -0.396 e. The average molecular weight is 142 g/mol. The molecule has 0 aliphatic carbocycles. The number of carbonyl (C=O) groups excluding carboxylic acids is 1. The van der Waals surface area contributed by atoms with Gasteiger partial charge in [0.05, 0.1) is 0 Å². The van der Waals surface area contributed by atoms with Crippen LogP contribution < -0.4 is 0 Å². The minimum atomic E-state index is 0.281. The van der Waals surface area contributed by atoms with Gasteiger partial charge in [0, 0.05) is 6.61 Å². The number of hydrogen-bond acceptors (Lipinski definition) is 2. The van der Waals surface area contributed by atoms with Crippen molar-refractivity contribution in [3.8, 4) is 0 Å². The maximum absolute atomic E-state index is 9.67. The number of aliphatic hydroxyl groups excluding tert-OH is 1. The molecule has 0 saturated heterocycles. The molecule has 0 aliphatic rings. The van der Waals surface area contributed by atoms with Crippen LogP contribution in [-0.4, -0.2) is 17.7 Å². The zero-order chi connectivity index (χ0) is 7.66.